The third-order valence-corrected chi connectivity index (χ3v) is 4.53. The molecule has 0 radical (unpaired) electrons. The molecule has 1 aromatic heterocycles. The van der Waals surface area contributed by atoms with Gasteiger partial charge in [0.2, 0.25) is 0 Å². The maximum absolute atomic E-state index is 12.7. The molecule has 0 aliphatic heterocycles. The fourth-order valence-electron chi connectivity index (χ4n) is 2.59. The molecule has 0 unspecified atom stereocenters. The predicted octanol–water partition coefficient (Wildman–Crippen LogP) is 5.11. The molecule has 0 atom stereocenters. The number of hydrogen-bond donors (Lipinski definition) is 1. The summed E-state index contributed by atoms with van der Waals surface area (Å²) in [5.41, 5.74) is 3.59. The van der Waals surface area contributed by atoms with Gasteiger partial charge < -0.3 is 5.32 Å². The highest BCUT2D eigenvalue weighted by Gasteiger charge is 2.21. The van der Waals surface area contributed by atoms with E-state index >= 15 is 0 Å². The van der Waals surface area contributed by atoms with E-state index in [0.29, 0.717) is 33.7 Å². The fraction of sp³-hybridized carbons (Fsp3) is 0.158. The highest BCUT2D eigenvalue weighted by Crippen LogP contribution is 2.25. The van der Waals surface area contributed by atoms with E-state index in [0.717, 1.165) is 11.1 Å². The summed E-state index contributed by atoms with van der Waals surface area (Å²) in [5, 5.41) is 8.15. The van der Waals surface area contributed by atoms with Crippen molar-refractivity contribution in [3.63, 3.8) is 0 Å². The zero-order valence-electron chi connectivity index (χ0n) is 13.9. The van der Waals surface area contributed by atoms with Crippen LogP contribution in [0.4, 0.5) is 5.69 Å². The summed E-state index contributed by atoms with van der Waals surface area (Å²) in [6.07, 6.45) is 0. The second-order valence-electron chi connectivity index (χ2n) is 5.81. The molecule has 0 fully saturated rings. The van der Waals surface area contributed by atoms with E-state index in [2.05, 4.69) is 10.4 Å². The number of nitrogens with one attached hydrogen (secondary N) is 1. The molecule has 128 valence electrons. The van der Waals surface area contributed by atoms with E-state index < -0.39 is 0 Å². The summed E-state index contributed by atoms with van der Waals surface area (Å²) < 4.78 is 1.63. The number of hydrogen-bond acceptors (Lipinski definition) is 2. The van der Waals surface area contributed by atoms with Crippen LogP contribution >= 0.6 is 23.2 Å². The molecule has 0 aliphatic carbocycles. The minimum Gasteiger partial charge on any atom is -0.322 e. The number of benzene rings is 2. The van der Waals surface area contributed by atoms with Crippen LogP contribution in [0.5, 0.6) is 0 Å². The van der Waals surface area contributed by atoms with Gasteiger partial charge in [-0.2, -0.15) is 5.10 Å². The van der Waals surface area contributed by atoms with Crippen LogP contribution in [0, 0.1) is 13.8 Å². The van der Waals surface area contributed by atoms with Crippen molar-refractivity contribution in [1.29, 1.82) is 0 Å². The quantitative estimate of drug-likeness (QED) is 0.690. The average molecular weight is 374 g/mol. The molecule has 0 saturated heterocycles. The number of carbonyl (C=O) groups excluding carboxylic acids is 1. The smallest absolute Gasteiger partial charge is 0.260 e. The van der Waals surface area contributed by atoms with Gasteiger partial charge in [0.1, 0.15) is 5.15 Å². The Morgan fingerprint density at radius 3 is 2.56 bits per heavy atom. The van der Waals surface area contributed by atoms with Gasteiger partial charge in [-0.3, -0.25) is 4.79 Å². The highest BCUT2D eigenvalue weighted by molar-refractivity contribution is 6.34. The Hall–Kier alpha value is -2.30. The second-order valence-corrected chi connectivity index (χ2v) is 6.60. The Morgan fingerprint density at radius 1 is 1.12 bits per heavy atom. The molecule has 1 amide bonds. The second kappa shape index (κ2) is 7.30. The van der Waals surface area contributed by atoms with Gasteiger partial charge in [0.15, 0.2) is 0 Å². The highest BCUT2D eigenvalue weighted by atomic mass is 35.5. The van der Waals surface area contributed by atoms with Crippen molar-refractivity contribution < 1.29 is 4.79 Å². The number of amides is 1. The molecular weight excluding hydrogens is 357 g/mol. The van der Waals surface area contributed by atoms with Crippen LogP contribution in [-0.4, -0.2) is 15.7 Å². The topological polar surface area (TPSA) is 46.9 Å². The third kappa shape index (κ3) is 3.86. The van der Waals surface area contributed by atoms with Crippen molar-refractivity contribution in [2.75, 3.05) is 5.32 Å². The van der Waals surface area contributed by atoms with Gasteiger partial charge in [-0.05, 0) is 37.1 Å². The van der Waals surface area contributed by atoms with Gasteiger partial charge in [-0.1, -0.05) is 59.6 Å². The summed E-state index contributed by atoms with van der Waals surface area (Å²) in [6.45, 7) is 4.18. The molecule has 1 heterocycles. The minimum absolute atomic E-state index is 0.299. The summed E-state index contributed by atoms with van der Waals surface area (Å²) in [4.78, 5) is 12.7. The molecular formula is C19H17Cl2N3O. The zero-order valence-corrected chi connectivity index (χ0v) is 15.4. The van der Waals surface area contributed by atoms with Crippen LogP contribution in [0.3, 0.4) is 0 Å². The molecule has 4 nitrogen and oxygen atoms in total. The Morgan fingerprint density at radius 2 is 1.84 bits per heavy atom. The summed E-state index contributed by atoms with van der Waals surface area (Å²) >= 11 is 12.4. The van der Waals surface area contributed by atoms with Crippen LogP contribution in [0.25, 0.3) is 0 Å². The van der Waals surface area contributed by atoms with Crippen LogP contribution < -0.4 is 5.32 Å². The first-order valence-electron chi connectivity index (χ1n) is 7.80. The first-order chi connectivity index (χ1) is 12.0. The predicted molar refractivity (Wildman–Crippen MR) is 102 cm³/mol. The lowest BCUT2D eigenvalue weighted by Crippen LogP contribution is -2.14. The van der Waals surface area contributed by atoms with Gasteiger partial charge >= 0.3 is 0 Å². The average Bonchev–Trinajstić information content (AvgIpc) is 2.86. The monoisotopic (exact) mass is 373 g/mol. The van der Waals surface area contributed by atoms with Gasteiger partial charge in [-0.15, -0.1) is 0 Å². The van der Waals surface area contributed by atoms with E-state index in [1.165, 1.54) is 0 Å². The molecule has 1 N–H and O–H groups in total. The number of anilines is 1. The molecule has 0 aliphatic rings. The first-order valence-corrected chi connectivity index (χ1v) is 8.55. The minimum atomic E-state index is -0.299. The Bertz CT molecular complexity index is 920. The number of halogens is 2. The van der Waals surface area contributed by atoms with Crippen molar-refractivity contribution in [3.8, 4) is 0 Å². The lowest BCUT2D eigenvalue weighted by atomic mass is 10.2. The summed E-state index contributed by atoms with van der Waals surface area (Å²) in [7, 11) is 0. The normalized spacial score (nSPS) is 10.7. The van der Waals surface area contributed by atoms with Crippen molar-refractivity contribution in [2.45, 2.75) is 20.4 Å². The Kier molecular flexibility index (Phi) is 5.11. The van der Waals surface area contributed by atoms with Crippen molar-refractivity contribution in [3.05, 3.63) is 81.1 Å². The van der Waals surface area contributed by atoms with E-state index in [9.17, 15) is 4.79 Å². The van der Waals surface area contributed by atoms with Gasteiger partial charge in [-0.25, -0.2) is 4.68 Å². The number of rotatable bonds is 4. The van der Waals surface area contributed by atoms with E-state index in [-0.39, 0.29) is 5.91 Å². The van der Waals surface area contributed by atoms with Crippen LogP contribution in [0.2, 0.25) is 10.2 Å². The molecule has 3 rings (SSSR count). The maximum atomic E-state index is 12.7. The zero-order chi connectivity index (χ0) is 18.0. The number of aryl methyl sites for hydroxylation is 2. The lowest BCUT2D eigenvalue weighted by molar-refractivity contribution is 0.102. The van der Waals surface area contributed by atoms with Crippen molar-refractivity contribution >= 4 is 34.8 Å². The van der Waals surface area contributed by atoms with Crippen molar-refractivity contribution in [2.24, 2.45) is 0 Å². The van der Waals surface area contributed by atoms with Gasteiger partial charge in [0, 0.05) is 10.7 Å². The summed E-state index contributed by atoms with van der Waals surface area (Å²) in [6, 6.07) is 15.2. The molecule has 6 heteroatoms. The largest absolute Gasteiger partial charge is 0.322 e. The lowest BCUT2D eigenvalue weighted by Gasteiger charge is -2.09. The maximum Gasteiger partial charge on any atom is 0.260 e. The SMILES string of the molecule is Cc1ccc(Cl)cc1NC(=O)c1c(C)nn(Cc2ccccc2)c1Cl. The number of aromatic nitrogens is 2. The standard InChI is InChI=1S/C19H17Cl2N3O/c1-12-8-9-15(20)10-16(12)22-19(25)17-13(2)23-24(18(17)21)11-14-6-4-3-5-7-14/h3-10H,11H2,1-2H3,(H,22,25). The molecule has 3 aromatic rings. The molecule has 2 aromatic carbocycles. The third-order valence-electron chi connectivity index (χ3n) is 3.92. The van der Waals surface area contributed by atoms with Crippen LogP contribution in [0.1, 0.15) is 27.2 Å². The molecule has 0 saturated carbocycles. The van der Waals surface area contributed by atoms with E-state index in [4.69, 9.17) is 23.2 Å². The Balaban J connectivity index is 1.87. The Labute approximate surface area is 156 Å². The van der Waals surface area contributed by atoms with Crippen LogP contribution in [-0.2, 0) is 6.54 Å². The van der Waals surface area contributed by atoms with Crippen LogP contribution in [0.15, 0.2) is 48.5 Å². The van der Waals surface area contributed by atoms with E-state index in [1.54, 1.807) is 23.7 Å². The molecule has 25 heavy (non-hydrogen) atoms. The van der Waals surface area contributed by atoms with E-state index in [1.807, 2.05) is 43.3 Å². The number of carbonyl (C=O) groups is 1. The number of nitrogens with zero attached hydrogens (tertiary/aromatic N) is 2. The van der Waals surface area contributed by atoms with Gasteiger partial charge in [0.05, 0.1) is 17.8 Å². The first kappa shape index (κ1) is 17.5. The summed E-state index contributed by atoms with van der Waals surface area (Å²) in [5.74, 6) is -0.299. The molecule has 0 spiro atoms. The van der Waals surface area contributed by atoms with Crippen molar-refractivity contribution in [1.82, 2.24) is 9.78 Å². The fourth-order valence-corrected chi connectivity index (χ4v) is 3.08. The molecule has 0 bridgehead atoms. The van der Waals surface area contributed by atoms with Gasteiger partial charge in [0.25, 0.3) is 5.91 Å².